The number of ether oxygens (including phenoxy) is 1. The summed E-state index contributed by atoms with van der Waals surface area (Å²) in [5.41, 5.74) is 0.961. The van der Waals surface area contributed by atoms with Crippen LogP contribution in [0.2, 0.25) is 4.34 Å². The summed E-state index contributed by atoms with van der Waals surface area (Å²) in [4.78, 5) is 12.7. The van der Waals surface area contributed by atoms with Crippen LogP contribution in [-0.4, -0.2) is 24.3 Å². The van der Waals surface area contributed by atoms with Gasteiger partial charge >= 0.3 is 6.03 Å². The van der Waals surface area contributed by atoms with Crippen molar-refractivity contribution in [2.45, 2.75) is 12.1 Å². The molecule has 1 aliphatic heterocycles. The first-order valence-corrected chi connectivity index (χ1v) is 8.02. The van der Waals surface area contributed by atoms with Crippen molar-refractivity contribution in [2.75, 3.05) is 13.2 Å². The highest BCUT2D eigenvalue weighted by Crippen LogP contribution is 2.31. The smallest absolute Gasteiger partial charge is 0.315 e. The molecule has 22 heavy (non-hydrogen) atoms. The van der Waals surface area contributed by atoms with Gasteiger partial charge in [-0.3, -0.25) is 0 Å². The molecule has 0 radical (unpaired) electrons. The van der Waals surface area contributed by atoms with Crippen LogP contribution in [0.4, 0.5) is 4.79 Å². The second-order valence-electron chi connectivity index (χ2n) is 4.91. The van der Waals surface area contributed by atoms with Crippen LogP contribution in [0.15, 0.2) is 36.4 Å². The Morgan fingerprint density at radius 3 is 3.00 bits per heavy atom. The van der Waals surface area contributed by atoms with Crippen LogP contribution in [-0.2, 0) is 0 Å². The lowest BCUT2D eigenvalue weighted by Gasteiger charge is -2.14. The molecule has 2 amide bonds. The van der Waals surface area contributed by atoms with Crippen molar-refractivity contribution in [1.82, 2.24) is 10.6 Å². The zero-order valence-electron chi connectivity index (χ0n) is 11.6. The Morgan fingerprint density at radius 1 is 1.41 bits per heavy atom. The Labute approximate surface area is 136 Å². The van der Waals surface area contributed by atoms with Crippen LogP contribution in [0.1, 0.15) is 22.6 Å². The second-order valence-corrected chi connectivity index (χ2v) is 6.66. The number of urea groups is 1. The highest BCUT2D eigenvalue weighted by molar-refractivity contribution is 7.16. The van der Waals surface area contributed by atoms with Gasteiger partial charge in [0.05, 0.1) is 16.9 Å². The minimum Gasteiger partial charge on any atom is -0.491 e. The SMILES string of the molecule is O=C(NC[C@H](O)c1ccc(Cl)s1)N[C@@H]1COc2ccccc21. The van der Waals surface area contributed by atoms with E-state index in [0.29, 0.717) is 10.9 Å². The van der Waals surface area contributed by atoms with Gasteiger partial charge in [-0.1, -0.05) is 29.8 Å². The normalized spacial score (nSPS) is 17.5. The van der Waals surface area contributed by atoms with E-state index in [1.807, 2.05) is 24.3 Å². The van der Waals surface area contributed by atoms with E-state index in [1.165, 1.54) is 11.3 Å². The topological polar surface area (TPSA) is 70.6 Å². The lowest BCUT2D eigenvalue weighted by atomic mass is 10.1. The number of hydrogen-bond acceptors (Lipinski definition) is 4. The summed E-state index contributed by atoms with van der Waals surface area (Å²) in [5.74, 6) is 0.793. The molecule has 0 spiro atoms. The van der Waals surface area contributed by atoms with Crippen LogP contribution < -0.4 is 15.4 Å². The van der Waals surface area contributed by atoms with E-state index >= 15 is 0 Å². The molecule has 2 aromatic rings. The molecule has 1 aromatic carbocycles. The molecule has 1 aliphatic rings. The van der Waals surface area contributed by atoms with Crippen LogP contribution in [0.5, 0.6) is 5.75 Å². The fraction of sp³-hybridized carbons (Fsp3) is 0.267. The zero-order chi connectivity index (χ0) is 15.5. The van der Waals surface area contributed by atoms with Gasteiger partial charge in [0.25, 0.3) is 0 Å². The summed E-state index contributed by atoms with van der Waals surface area (Å²) in [6.45, 7) is 0.535. The largest absolute Gasteiger partial charge is 0.491 e. The van der Waals surface area contributed by atoms with Gasteiger partial charge in [-0.2, -0.15) is 0 Å². The van der Waals surface area contributed by atoms with Gasteiger partial charge in [0.2, 0.25) is 0 Å². The van der Waals surface area contributed by atoms with E-state index in [1.54, 1.807) is 12.1 Å². The third kappa shape index (κ3) is 3.35. The number of aliphatic hydroxyl groups is 1. The Bertz CT molecular complexity index is 676. The number of rotatable bonds is 4. The third-order valence-electron chi connectivity index (χ3n) is 3.38. The quantitative estimate of drug-likeness (QED) is 0.802. The average Bonchev–Trinajstić information content (AvgIpc) is 3.12. The number of amides is 2. The van der Waals surface area contributed by atoms with Crippen LogP contribution in [0.3, 0.4) is 0 Å². The molecule has 116 valence electrons. The lowest BCUT2D eigenvalue weighted by molar-refractivity contribution is 0.175. The number of carbonyl (C=O) groups excluding carboxylic acids is 1. The minimum atomic E-state index is -0.768. The van der Waals surface area contributed by atoms with Gasteiger partial charge in [-0.25, -0.2) is 4.79 Å². The molecule has 2 atom stereocenters. The maximum Gasteiger partial charge on any atom is 0.315 e. The van der Waals surface area contributed by atoms with Crippen LogP contribution in [0, 0.1) is 0 Å². The van der Waals surface area contributed by atoms with Crippen molar-refractivity contribution in [2.24, 2.45) is 0 Å². The molecule has 2 heterocycles. The van der Waals surface area contributed by atoms with E-state index in [-0.39, 0.29) is 18.6 Å². The molecule has 0 unspecified atom stereocenters. The number of nitrogens with one attached hydrogen (secondary N) is 2. The number of halogens is 1. The summed E-state index contributed by atoms with van der Waals surface area (Å²) < 4.78 is 6.11. The second kappa shape index (κ2) is 6.56. The number of para-hydroxylation sites is 1. The monoisotopic (exact) mass is 338 g/mol. The summed E-state index contributed by atoms with van der Waals surface area (Å²) in [5, 5.41) is 15.5. The Balaban J connectivity index is 1.51. The van der Waals surface area contributed by atoms with Gasteiger partial charge in [0.1, 0.15) is 18.5 Å². The number of fused-ring (bicyclic) bond motifs is 1. The molecule has 0 bridgehead atoms. The maximum atomic E-state index is 11.9. The van der Waals surface area contributed by atoms with Crippen molar-refractivity contribution in [1.29, 1.82) is 0 Å². The van der Waals surface area contributed by atoms with Crippen molar-refractivity contribution in [3.05, 3.63) is 51.2 Å². The molecule has 1 aromatic heterocycles. The Morgan fingerprint density at radius 2 is 2.23 bits per heavy atom. The van der Waals surface area contributed by atoms with Crippen LogP contribution >= 0.6 is 22.9 Å². The standard InChI is InChI=1S/C15H15ClN2O3S/c16-14-6-5-13(22-14)11(19)7-17-15(20)18-10-8-21-12-4-2-1-3-9(10)12/h1-6,10-11,19H,7-8H2,(H2,17,18,20)/t10-,11+/m1/s1. The first kappa shape index (κ1) is 15.1. The average molecular weight is 339 g/mol. The van der Waals surface area contributed by atoms with Crippen molar-refractivity contribution >= 4 is 29.0 Å². The first-order chi connectivity index (χ1) is 10.6. The zero-order valence-corrected chi connectivity index (χ0v) is 13.2. The molecular formula is C15H15ClN2O3S. The van der Waals surface area contributed by atoms with E-state index < -0.39 is 6.10 Å². The highest BCUT2D eigenvalue weighted by atomic mass is 35.5. The Kier molecular flexibility index (Phi) is 4.52. The van der Waals surface area contributed by atoms with Gasteiger partial charge in [-0.15, -0.1) is 11.3 Å². The van der Waals surface area contributed by atoms with E-state index in [4.69, 9.17) is 16.3 Å². The number of carbonyl (C=O) groups is 1. The lowest BCUT2D eigenvalue weighted by Crippen LogP contribution is -2.40. The molecule has 5 nitrogen and oxygen atoms in total. The van der Waals surface area contributed by atoms with Gasteiger partial charge in [0, 0.05) is 10.4 Å². The third-order valence-corrected chi connectivity index (χ3v) is 4.72. The van der Waals surface area contributed by atoms with E-state index in [2.05, 4.69) is 10.6 Å². The molecule has 0 saturated carbocycles. The fourth-order valence-corrected chi connectivity index (χ4v) is 3.34. The van der Waals surface area contributed by atoms with Crippen LogP contribution in [0.25, 0.3) is 0 Å². The van der Waals surface area contributed by atoms with Gasteiger partial charge in [-0.05, 0) is 18.2 Å². The molecular weight excluding hydrogens is 324 g/mol. The van der Waals surface area contributed by atoms with E-state index in [0.717, 1.165) is 16.2 Å². The summed E-state index contributed by atoms with van der Waals surface area (Å²) >= 11 is 7.12. The summed E-state index contributed by atoms with van der Waals surface area (Å²) in [6.07, 6.45) is -0.768. The van der Waals surface area contributed by atoms with Crippen molar-refractivity contribution < 1.29 is 14.6 Å². The van der Waals surface area contributed by atoms with Crippen molar-refractivity contribution in [3.63, 3.8) is 0 Å². The minimum absolute atomic E-state index is 0.123. The van der Waals surface area contributed by atoms with Crippen molar-refractivity contribution in [3.8, 4) is 5.75 Å². The molecule has 0 saturated heterocycles. The number of thiophene rings is 1. The molecule has 0 aliphatic carbocycles. The maximum absolute atomic E-state index is 11.9. The first-order valence-electron chi connectivity index (χ1n) is 6.83. The molecule has 3 N–H and O–H groups in total. The fourth-order valence-electron chi connectivity index (χ4n) is 2.29. The predicted octanol–water partition coefficient (Wildman–Crippen LogP) is 2.87. The number of benzene rings is 1. The number of hydrogen-bond donors (Lipinski definition) is 3. The molecule has 3 rings (SSSR count). The van der Waals surface area contributed by atoms with E-state index in [9.17, 15) is 9.90 Å². The Hall–Kier alpha value is -1.76. The summed E-state index contributed by atoms with van der Waals surface area (Å²) in [7, 11) is 0. The molecule has 7 heteroatoms. The molecule has 0 fully saturated rings. The highest BCUT2D eigenvalue weighted by Gasteiger charge is 2.25. The van der Waals surface area contributed by atoms with Gasteiger partial charge < -0.3 is 20.5 Å². The van der Waals surface area contributed by atoms with Gasteiger partial charge in [0.15, 0.2) is 0 Å². The number of aliphatic hydroxyl groups excluding tert-OH is 1. The predicted molar refractivity (Wildman–Crippen MR) is 85.5 cm³/mol. The summed E-state index contributed by atoms with van der Waals surface area (Å²) in [6, 6.07) is 10.6.